The third kappa shape index (κ3) is 3.35. The molecular weight excluding hydrogens is 216 g/mol. The monoisotopic (exact) mass is 238 g/mol. The molecule has 1 aromatic carbocycles. The minimum Gasteiger partial charge on any atom is -0.494 e. The third-order valence-electron chi connectivity index (χ3n) is 2.76. The molecule has 1 rings (SSSR count). The predicted molar refractivity (Wildman–Crippen MR) is 70.8 cm³/mol. The molecule has 0 fully saturated rings. The van der Waals surface area contributed by atoms with Gasteiger partial charge in [-0.05, 0) is 31.0 Å². The minimum atomic E-state index is -0.245. The van der Waals surface area contributed by atoms with Gasteiger partial charge in [-0.25, -0.2) is 0 Å². The summed E-state index contributed by atoms with van der Waals surface area (Å²) in [6, 6.07) is 3.91. The van der Waals surface area contributed by atoms with E-state index in [1.165, 1.54) is 5.56 Å². The van der Waals surface area contributed by atoms with Crippen molar-refractivity contribution in [3.8, 4) is 5.75 Å². The van der Waals surface area contributed by atoms with Gasteiger partial charge in [0.25, 0.3) is 0 Å². The van der Waals surface area contributed by atoms with Crippen molar-refractivity contribution in [1.82, 2.24) is 0 Å². The Labute approximate surface area is 103 Å². The van der Waals surface area contributed by atoms with Crippen LogP contribution >= 0.6 is 0 Å². The van der Waals surface area contributed by atoms with Crippen molar-refractivity contribution < 1.29 is 9.84 Å². The van der Waals surface area contributed by atoms with E-state index in [0.717, 1.165) is 17.0 Å². The van der Waals surface area contributed by atoms with E-state index in [1.807, 2.05) is 18.9 Å². The average Bonchev–Trinajstić information content (AvgIpc) is 2.27. The second kappa shape index (κ2) is 5.89. The lowest BCUT2D eigenvalue weighted by Crippen LogP contribution is -2.38. The number of aliphatic hydroxyl groups is 1. The van der Waals surface area contributed by atoms with Gasteiger partial charge in [-0.1, -0.05) is 6.07 Å². The third-order valence-corrected chi connectivity index (χ3v) is 2.76. The van der Waals surface area contributed by atoms with Crippen LogP contribution in [0.25, 0.3) is 0 Å². The second-order valence-electron chi connectivity index (χ2n) is 4.46. The Hall–Kier alpha value is -1.26. The number of hydrogen-bond acceptors (Lipinski definition) is 4. The zero-order valence-electron chi connectivity index (χ0n) is 11.0. The van der Waals surface area contributed by atoms with E-state index in [4.69, 9.17) is 15.6 Å². The number of methoxy groups -OCH3 is 1. The molecule has 1 atom stereocenters. The van der Waals surface area contributed by atoms with Gasteiger partial charge in [0, 0.05) is 19.6 Å². The first kappa shape index (κ1) is 13.8. The summed E-state index contributed by atoms with van der Waals surface area (Å²) in [4.78, 5) is 2.01. The molecular formula is C13H22N2O2. The van der Waals surface area contributed by atoms with Crippen LogP contribution in [0.1, 0.15) is 11.1 Å². The molecule has 3 N–H and O–H groups in total. The van der Waals surface area contributed by atoms with Crippen molar-refractivity contribution in [2.75, 3.05) is 32.2 Å². The minimum absolute atomic E-state index is 0.0164. The van der Waals surface area contributed by atoms with Crippen LogP contribution in [0.3, 0.4) is 0 Å². The van der Waals surface area contributed by atoms with Crippen molar-refractivity contribution in [3.05, 3.63) is 23.3 Å². The number of nitrogens with zero attached hydrogens (tertiary/aromatic N) is 1. The van der Waals surface area contributed by atoms with Gasteiger partial charge in [0.2, 0.25) is 0 Å². The Morgan fingerprint density at radius 2 is 2.06 bits per heavy atom. The van der Waals surface area contributed by atoms with Crippen molar-refractivity contribution >= 4 is 5.69 Å². The van der Waals surface area contributed by atoms with Gasteiger partial charge in [-0.3, -0.25) is 0 Å². The summed E-state index contributed by atoms with van der Waals surface area (Å²) in [5, 5.41) is 8.98. The molecule has 0 bridgehead atoms. The zero-order chi connectivity index (χ0) is 13.0. The maximum absolute atomic E-state index is 8.98. The normalized spacial score (nSPS) is 12.4. The largest absolute Gasteiger partial charge is 0.494 e. The summed E-state index contributed by atoms with van der Waals surface area (Å²) in [6.45, 7) is 4.65. The molecule has 0 aliphatic rings. The summed E-state index contributed by atoms with van der Waals surface area (Å²) in [6.07, 6.45) is 0. The van der Waals surface area contributed by atoms with E-state index in [1.54, 1.807) is 7.11 Å². The van der Waals surface area contributed by atoms with Gasteiger partial charge in [-0.15, -0.1) is 0 Å². The molecule has 0 saturated carbocycles. The highest BCUT2D eigenvalue weighted by molar-refractivity contribution is 5.63. The Balaban J connectivity index is 3.02. The number of aryl methyl sites for hydroxylation is 2. The fourth-order valence-corrected chi connectivity index (χ4v) is 1.99. The molecule has 0 aromatic heterocycles. The SMILES string of the molecule is COc1c(C)cc(C)cc1N(C)CC(N)CO. The van der Waals surface area contributed by atoms with Crippen molar-refractivity contribution in [2.45, 2.75) is 19.9 Å². The van der Waals surface area contributed by atoms with Crippen molar-refractivity contribution in [3.63, 3.8) is 0 Å². The molecule has 4 heteroatoms. The van der Waals surface area contributed by atoms with E-state index < -0.39 is 0 Å². The topological polar surface area (TPSA) is 58.7 Å². The summed E-state index contributed by atoms with van der Waals surface area (Å²) in [7, 11) is 3.62. The van der Waals surface area contributed by atoms with E-state index in [-0.39, 0.29) is 12.6 Å². The first-order valence-corrected chi connectivity index (χ1v) is 5.72. The van der Waals surface area contributed by atoms with Gasteiger partial charge >= 0.3 is 0 Å². The lowest BCUT2D eigenvalue weighted by atomic mass is 10.1. The first-order chi connectivity index (χ1) is 7.99. The molecule has 4 nitrogen and oxygen atoms in total. The molecule has 96 valence electrons. The smallest absolute Gasteiger partial charge is 0.145 e. The highest BCUT2D eigenvalue weighted by Crippen LogP contribution is 2.32. The lowest BCUT2D eigenvalue weighted by molar-refractivity contribution is 0.267. The maximum Gasteiger partial charge on any atom is 0.145 e. The quantitative estimate of drug-likeness (QED) is 0.805. The highest BCUT2D eigenvalue weighted by atomic mass is 16.5. The van der Waals surface area contributed by atoms with E-state index in [0.29, 0.717) is 6.54 Å². The highest BCUT2D eigenvalue weighted by Gasteiger charge is 2.13. The number of benzene rings is 1. The molecule has 0 spiro atoms. The fraction of sp³-hybridized carbons (Fsp3) is 0.538. The molecule has 17 heavy (non-hydrogen) atoms. The van der Waals surface area contributed by atoms with Gasteiger partial charge in [0.1, 0.15) is 5.75 Å². The van der Waals surface area contributed by atoms with Crippen LogP contribution < -0.4 is 15.4 Å². The summed E-state index contributed by atoms with van der Waals surface area (Å²) in [5.74, 6) is 0.864. The van der Waals surface area contributed by atoms with Crippen molar-refractivity contribution in [1.29, 1.82) is 0 Å². The number of hydrogen-bond donors (Lipinski definition) is 2. The Morgan fingerprint density at radius 1 is 1.41 bits per heavy atom. The molecule has 0 heterocycles. The number of anilines is 1. The fourth-order valence-electron chi connectivity index (χ4n) is 1.99. The maximum atomic E-state index is 8.98. The summed E-state index contributed by atoms with van der Waals surface area (Å²) < 4.78 is 5.42. The zero-order valence-corrected chi connectivity index (χ0v) is 11.0. The average molecular weight is 238 g/mol. The molecule has 0 aliphatic carbocycles. The molecule has 1 unspecified atom stereocenters. The van der Waals surface area contributed by atoms with Crippen LogP contribution in [0, 0.1) is 13.8 Å². The van der Waals surface area contributed by atoms with E-state index in [2.05, 4.69) is 19.1 Å². The van der Waals surface area contributed by atoms with Crippen LogP contribution in [-0.2, 0) is 0 Å². The second-order valence-corrected chi connectivity index (χ2v) is 4.46. The van der Waals surface area contributed by atoms with Crippen molar-refractivity contribution in [2.24, 2.45) is 5.73 Å². The Kier molecular flexibility index (Phi) is 4.78. The standard InChI is InChI=1S/C13H22N2O2/c1-9-5-10(2)13(17-4)12(6-9)15(3)7-11(14)8-16/h5-6,11,16H,7-8,14H2,1-4H3. The molecule has 0 amide bonds. The Bertz CT molecular complexity index is 380. The Morgan fingerprint density at radius 3 is 2.59 bits per heavy atom. The van der Waals surface area contributed by atoms with Gasteiger partial charge in [0.05, 0.1) is 19.4 Å². The first-order valence-electron chi connectivity index (χ1n) is 5.72. The van der Waals surface area contributed by atoms with E-state index >= 15 is 0 Å². The summed E-state index contributed by atoms with van der Waals surface area (Å²) >= 11 is 0. The molecule has 0 aliphatic heterocycles. The van der Waals surface area contributed by atoms with Crippen LogP contribution in [0.15, 0.2) is 12.1 Å². The lowest BCUT2D eigenvalue weighted by Gasteiger charge is -2.25. The number of nitrogens with two attached hydrogens (primary N) is 1. The van der Waals surface area contributed by atoms with Gasteiger partial charge < -0.3 is 20.5 Å². The summed E-state index contributed by atoms with van der Waals surface area (Å²) in [5.41, 5.74) is 9.04. The molecule has 1 aromatic rings. The van der Waals surface area contributed by atoms with Gasteiger partial charge in [-0.2, -0.15) is 0 Å². The van der Waals surface area contributed by atoms with Gasteiger partial charge in [0.15, 0.2) is 0 Å². The van der Waals surface area contributed by atoms with Crippen LogP contribution in [0.2, 0.25) is 0 Å². The van der Waals surface area contributed by atoms with Crippen LogP contribution in [0.5, 0.6) is 5.75 Å². The van der Waals surface area contributed by atoms with Crippen LogP contribution in [0.4, 0.5) is 5.69 Å². The number of aliphatic hydroxyl groups excluding tert-OH is 1. The number of likely N-dealkylation sites (N-methyl/N-ethyl adjacent to an activating group) is 1. The molecule has 0 radical (unpaired) electrons. The number of ether oxygens (including phenoxy) is 1. The van der Waals surface area contributed by atoms with Crippen LogP contribution in [-0.4, -0.2) is 38.5 Å². The molecule has 0 saturated heterocycles. The van der Waals surface area contributed by atoms with E-state index in [9.17, 15) is 0 Å². The number of rotatable bonds is 5. The predicted octanol–water partition coefficient (Wildman–Crippen LogP) is 1.07.